The summed E-state index contributed by atoms with van der Waals surface area (Å²) in [5.74, 6) is -0.853. The molecule has 0 bridgehead atoms. The zero-order valence-corrected chi connectivity index (χ0v) is 18.3. The Morgan fingerprint density at radius 3 is 2.64 bits per heavy atom. The van der Waals surface area contributed by atoms with E-state index in [1.807, 2.05) is 30.8 Å². The SMILES string of the molecule is Cc1cccc(-n2nc(C(F)(F)F)cc2CNC(=O)C(C)c2cn(C)c3ccc(O)cc23)c1. The van der Waals surface area contributed by atoms with Gasteiger partial charge in [0.05, 0.1) is 23.8 Å². The van der Waals surface area contributed by atoms with Crippen LogP contribution in [0.25, 0.3) is 16.6 Å². The van der Waals surface area contributed by atoms with E-state index in [2.05, 4.69) is 10.4 Å². The van der Waals surface area contributed by atoms with E-state index < -0.39 is 17.8 Å². The summed E-state index contributed by atoms with van der Waals surface area (Å²) in [4.78, 5) is 12.9. The molecule has 2 aromatic heterocycles. The van der Waals surface area contributed by atoms with E-state index in [1.165, 1.54) is 4.68 Å². The number of hydrogen-bond donors (Lipinski definition) is 2. The fraction of sp³-hybridized carbons (Fsp3) is 0.250. The number of benzene rings is 2. The van der Waals surface area contributed by atoms with Gasteiger partial charge in [-0.15, -0.1) is 0 Å². The Morgan fingerprint density at radius 2 is 1.94 bits per heavy atom. The Bertz CT molecular complexity index is 1340. The molecule has 0 saturated carbocycles. The van der Waals surface area contributed by atoms with Gasteiger partial charge in [-0.25, -0.2) is 4.68 Å². The number of aromatic hydroxyl groups is 1. The van der Waals surface area contributed by atoms with Crippen molar-refractivity contribution in [1.82, 2.24) is 19.7 Å². The number of aryl methyl sites for hydroxylation is 2. The number of halogens is 3. The van der Waals surface area contributed by atoms with Crippen LogP contribution >= 0.6 is 0 Å². The summed E-state index contributed by atoms with van der Waals surface area (Å²) in [6.45, 7) is 3.42. The van der Waals surface area contributed by atoms with Crippen molar-refractivity contribution >= 4 is 16.8 Å². The van der Waals surface area contributed by atoms with Gasteiger partial charge in [0.15, 0.2) is 5.69 Å². The highest BCUT2D eigenvalue weighted by atomic mass is 19.4. The first-order valence-electron chi connectivity index (χ1n) is 10.3. The lowest BCUT2D eigenvalue weighted by atomic mass is 9.99. The number of rotatable bonds is 5. The van der Waals surface area contributed by atoms with E-state index in [9.17, 15) is 23.1 Å². The Kier molecular flexibility index (Phi) is 5.65. The van der Waals surface area contributed by atoms with Crippen LogP contribution in [0.5, 0.6) is 5.75 Å². The molecular weight excluding hydrogens is 433 g/mol. The average Bonchev–Trinajstić information content (AvgIpc) is 3.33. The minimum absolute atomic E-state index is 0.0873. The van der Waals surface area contributed by atoms with Crippen LogP contribution in [0.15, 0.2) is 54.7 Å². The maximum Gasteiger partial charge on any atom is 0.435 e. The van der Waals surface area contributed by atoms with E-state index >= 15 is 0 Å². The minimum atomic E-state index is -4.61. The van der Waals surface area contributed by atoms with Crippen molar-refractivity contribution in [1.29, 1.82) is 0 Å². The molecule has 4 aromatic rings. The summed E-state index contributed by atoms with van der Waals surface area (Å²) >= 11 is 0. The summed E-state index contributed by atoms with van der Waals surface area (Å²) in [7, 11) is 1.84. The fourth-order valence-corrected chi connectivity index (χ4v) is 3.90. The number of nitrogens with one attached hydrogen (secondary N) is 1. The molecule has 2 aromatic carbocycles. The lowest BCUT2D eigenvalue weighted by Gasteiger charge is -2.13. The standard InChI is InChI=1S/C24H23F3N4O2/c1-14-5-4-6-16(9-14)31-17(10-22(29-31)24(25,26)27)12-28-23(33)15(2)20-13-30(3)21-8-7-18(32)11-19(20)21/h4-11,13,15,32H,12H2,1-3H3,(H,28,33). The minimum Gasteiger partial charge on any atom is -0.508 e. The van der Waals surface area contributed by atoms with Crippen LogP contribution in [0.2, 0.25) is 0 Å². The molecule has 0 saturated heterocycles. The number of phenolic OH excluding ortho intramolecular Hbond substituents is 1. The predicted octanol–water partition coefficient (Wildman–Crippen LogP) is 4.82. The van der Waals surface area contributed by atoms with Gasteiger partial charge in [-0.05, 0) is 61.4 Å². The maximum atomic E-state index is 13.3. The molecule has 0 aliphatic rings. The van der Waals surface area contributed by atoms with E-state index in [1.54, 1.807) is 43.3 Å². The van der Waals surface area contributed by atoms with Crippen LogP contribution < -0.4 is 5.32 Å². The highest BCUT2D eigenvalue weighted by Crippen LogP contribution is 2.31. The Hall–Kier alpha value is -3.75. The Labute approximate surface area is 188 Å². The monoisotopic (exact) mass is 456 g/mol. The summed E-state index contributed by atoms with van der Waals surface area (Å²) in [6.07, 6.45) is -2.79. The number of aromatic nitrogens is 3. The fourth-order valence-electron chi connectivity index (χ4n) is 3.90. The molecule has 1 unspecified atom stereocenters. The van der Waals surface area contributed by atoms with Gasteiger partial charge in [0.25, 0.3) is 0 Å². The number of carbonyl (C=O) groups excluding carboxylic acids is 1. The van der Waals surface area contributed by atoms with Crippen molar-refractivity contribution in [3.8, 4) is 11.4 Å². The van der Waals surface area contributed by atoms with Crippen LogP contribution in [-0.4, -0.2) is 25.4 Å². The van der Waals surface area contributed by atoms with Gasteiger partial charge in [-0.2, -0.15) is 18.3 Å². The van der Waals surface area contributed by atoms with Gasteiger partial charge in [-0.1, -0.05) is 12.1 Å². The molecule has 1 amide bonds. The Balaban J connectivity index is 1.61. The number of amides is 1. The number of phenols is 1. The van der Waals surface area contributed by atoms with Crippen LogP contribution in [-0.2, 0) is 24.6 Å². The number of hydrogen-bond acceptors (Lipinski definition) is 3. The van der Waals surface area contributed by atoms with Gasteiger partial charge in [0.2, 0.25) is 5.91 Å². The average molecular weight is 456 g/mol. The van der Waals surface area contributed by atoms with Crippen molar-refractivity contribution in [3.63, 3.8) is 0 Å². The molecule has 33 heavy (non-hydrogen) atoms. The third-order valence-corrected chi connectivity index (χ3v) is 5.63. The molecule has 0 aliphatic heterocycles. The maximum absolute atomic E-state index is 13.3. The second kappa shape index (κ2) is 8.31. The quantitative estimate of drug-likeness (QED) is 0.453. The molecule has 0 aliphatic carbocycles. The second-order valence-corrected chi connectivity index (χ2v) is 8.11. The van der Waals surface area contributed by atoms with Gasteiger partial charge in [0.1, 0.15) is 5.75 Å². The molecular formula is C24H23F3N4O2. The highest BCUT2D eigenvalue weighted by Gasteiger charge is 2.35. The third kappa shape index (κ3) is 4.44. The van der Waals surface area contributed by atoms with Crippen molar-refractivity contribution in [2.24, 2.45) is 7.05 Å². The van der Waals surface area contributed by atoms with Crippen molar-refractivity contribution in [3.05, 3.63) is 77.2 Å². The molecule has 0 spiro atoms. The van der Waals surface area contributed by atoms with E-state index in [-0.39, 0.29) is 23.9 Å². The number of carbonyl (C=O) groups is 1. The van der Waals surface area contributed by atoms with Crippen molar-refractivity contribution in [2.45, 2.75) is 32.5 Å². The van der Waals surface area contributed by atoms with E-state index in [4.69, 9.17) is 0 Å². The summed E-state index contributed by atoms with van der Waals surface area (Å²) < 4.78 is 43.0. The molecule has 4 rings (SSSR count). The van der Waals surface area contributed by atoms with Crippen LogP contribution in [0.3, 0.4) is 0 Å². The first-order valence-corrected chi connectivity index (χ1v) is 10.3. The number of fused-ring (bicyclic) bond motifs is 1. The smallest absolute Gasteiger partial charge is 0.435 e. The van der Waals surface area contributed by atoms with Gasteiger partial charge >= 0.3 is 6.18 Å². The van der Waals surface area contributed by atoms with Crippen LogP contribution in [0.1, 0.15) is 35.4 Å². The summed E-state index contributed by atoms with van der Waals surface area (Å²) in [5.41, 5.74) is 2.11. The van der Waals surface area contributed by atoms with Gasteiger partial charge < -0.3 is 15.0 Å². The zero-order chi connectivity index (χ0) is 23.9. The van der Waals surface area contributed by atoms with Crippen LogP contribution in [0, 0.1) is 6.92 Å². The zero-order valence-electron chi connectivity index (χ0n) is 18.3. The first-order chi connectivity index (χ1) is 15.5. The Morgan fingerprint density at radius 1 is 1.18 bits per heavy atom. The van der Waals surface area contributed by atoms with Gasteiger partial charge in [0, 0.05) is 24.1 Å². The third-order valence-electron chi connectivity index (χ3n) is 5.63. The predicted molar refractivity (Wildman–Crippen MR) is 118 cm³/mol. The van der Waals surface area contributed by atoms with Gasteiger partial charge in [-0.3, -0.25) is 4.79 Å². The van der Waals surface area contributed by atoms with E-state index in [0.717, 1.165) is 22.5 Å². The summed E-state index contributed by atoms with van der Waals surface area (Å²) in [6, 6.07) is 12.8. The molecule has 6 nitrogen and oxygen atoms in total. The number of nitrogens with zero attached hydrogens (tertiary/aromatic N) is 3. The molecule has 172 valence electrons. The lowest BCUT2D eigenvalue weighted by molar-refractivity contribution is -0.141. The van der Waals surface area contributed by atoms with Crippen molar-refractivity contribution in [2.75, 3.05) is 0 Å². The molecule has 0 radical (unpaired) electrons. The molecule has 1 atom stereocenters. The largest absolute Gasteiger partial charge is 0.508 e. The van der Waals surface area contributed by atoms with Crippen molar-refractivity contribution < 1.29 is 23.1 Å². The first kappa shape index (κ1) is 22.4. The summed E-state index contributed by atoms with van der Waals surface area (Å²) in [5, 5.41) is 17.1. The molecule has 2 N–H and O–H groups in total. The molecule has 0 fully saturated rings. The highest BCUT2D eigenvalue weighted by molar-refractivity contribution is 5.92. The normalized spacial score (nSPS) is 12.8. The molecule has 9 heteroatoms. The molecule has 2 heterocycles. The van der Waals surface area contributed by atoms with Crippen LogP contribution in [0.4, 0.5) is 13.2 Å². The van der Waals surface area contributed by atoms with E-state index in [0.29, 0.717) is 11.3 Å². The number of alkyl halides is 3. The lowest BCUT2D eigenvalue weighted by Crippen LogP contribution is -2.28. The topological polar surface area (TPSA) is 72.1 Å². The second-order valence-electron chi connectivity index (χ2n) is 8.11.